The predicted molar refractivity (Wildman–Crippen MR) is 77.3 cm³/mol. The molecule has 5 heteroatoms. The zero-order valence-corrected chi connectivity index (χ0v) is 12.3. The van der Waals surface area contributed by atoms with Crippen molar-refractivity contribution in [3.05, 3.63) is 0 Å². The van der Waals surface area contributed by atoms with Gasteiger partial charge in [-0.3, -0.25) is 4.90 Å². The first-order valence-electron chi connectivity index (χ1n) is 7.34. The number of aliphatic hydroxyl groups excluding tert-OH is 1. The summed E-state index contributed by atoms with van der Waals surface area (Å²) in [6.07, 6.45) is 6.94. The van der Waals surface area contributed by atoms with Gasteiger partial charge in [-0.15, -0.1) is 0 Å². The fraction of sp³-hybridized carbons (Fsp3) is 0.929. The molecule has 1 aliphatic carbocycles. The number of unbranched alkanes of at least 4 members (excludes halogenated alkanes) is 1. The van der Waals surface area contributed by atoms with E-state index < -0.39 is 0 Å². The minimum atomic E-state index is -0.243. The molecule has 1 aliphatic rings. The summed E-state index contributed by atoms with van der Waals surface area (Å²) >= 11 is 0. The average Bonchev–Trinajstić information content (AvgIpc) is 2.31. The molecule has 0 atom stereocenters. The molecule has 0 saturated heterocycles. The molecule has 0 bridgehead atoms. The monoisotopic (exact) mass is 271 g/mol. The zero-order chi connectivity index (χ0) is 14.3. The summed E-state index contributed by atoms with van der Waals surface area (Å²) in [5, 5.41) is 20.9. The quantitative estimate of drug-likeness (QED) is 0.196. The van der Waals surface area contributed by atoms with Gasteiger partial charge in [-0.05, 0) is 32.2 Å². The summed E-state index contributed by atoms with van der Waals surface area (Å²) in [7, 11) is 0. The number of amidine groups is 1. The van der Waals surface area contributed by atoms with Crippen LogP contribution in [0.3, 0.4) is 0 Å². The molecule has 1 saturated carbocycles. The van der Waals surface area contributed by atoms with Crippen molar-refractivity contribution in [2.75, 3.05) is 19.7 Å². The molecule has 1 fully saturated rings. The lowest BCUT2D eigenvalue weighted by Crippen LogP contribution is -2.42. The van der Waals surface area contributed by atoms with Crippen molar-refractivity contribution in [2.45, 2.75) is 58.4 Å². The van der Waals surface area contributed by atoms with Gasteiger partial charge in [-0.2, -0.15) is 0 Å². The smallest absolute Gasteiger partial charge is 0.144 e. The lowest BCUT2D eigenvalue weighted by atomic mass is 9.86. The molecule has 0 radical (unpaired) electrons. The summed E-state index contributed by atoms with van der Waals surface area (Å²) in [6.45, 7) is 6.07. The Morgan fingerprint density at radius 2 is 2.00 bits per heavy atom. The molecule has 0 spiro atoms. The van der Waals surface area contributed by atoms with E-state index in [0.717, 1.165) is 32.4 Å². The molecule has 0 aromatic rings. The van der Waals surface area contributed by atoms with Crippen LogP contribution < -0.4 is 5.73 Å². The fourth-order valence-corrected chi connectivity index (χ4v) is 2.50. The van der Waals surface area contributed by atoms with Gasteiger partial charge in [-0.25, -0.2) is 0 Å². The van der Waals surface area contributed by atoms with Gasteiger partial charge in [0, 0.05) is 18.0 Å². The first-order valence-corrected chi connectivity index (χ1v) is 7.34. The zero-order valence-electron chi connectivity index (χ0n) is 12.3. The third kappa shape index (κ3) is 4.99. The Labute approximate surface area is 116 Å². The van der Waals surface area contributed by atoms with E-state index in [2.05, 4.69) is 10.1 Å². The molecule has 1 rings (SSSR count). The van der Waals surface area contributed by atoms with Crippen LogP contribution in [-0.4, -0.2) is 46.8 Å². The van der Waals surface area contributed by atoms with Crippen LogP contribution in [-0.2, 0) is 0 Å². The SMILES string of the molecule is CC(C)(CCCCN(CCO)C1CCC1)C(N)=NO. The number of hydrogen-bond acceptors (Lipinski definition) is 4. The topological polar surface area (TPSA) is 82.1 Å². The van der Waals surface area contributed by atoms with Crippen LogP contribution in [0.15, 0.2) is 5.16 Å². The van der Waals surface area contributed by atoms with Gasteiger partial charge in [0.05, 0.1) is 6.61 Å². The number of nitrogens with zero attached hydrogens (tertiary/aromatic N) is 2. The lowest BCUT2D eigenvalue weighted by molar-refractivity contribution is 0.0989. The van der Waals surface area contributed by atoms with E-state index in [1.165, 1.54) is 19.3 Å². The maximum absolute atomic E-state index is 9.09. The van der Waals surface area contributed by atoms with Gasteiger partial charge in [0.15, 0.2) is 0 Å². The van der Waals surface area contributed by atoms with E-state index in [1.54, 1.807) is 0 Å². The van der Waals surface area contributed by atoms with E-state index in [-0.39, 0.29) is 12.0 Å². The van der Waals surface area contributed by atoms with Crippen molar-refractivity contribution in [2.24, 2.45) is 16.3 Å². The predicted octanol–water partition coefficient (Wildman–Crippen LogP) is 1.78. The second-order valence-electron chi connectivity index (χ2n) is 6.17. The molecule has 19 heavy (non-hydrogen) atoms. The Kier molecular flexibility index (Phi) is 6.58. The molecule has 0 unspecified atom stereocenters. The fourth-order valence-electron chi connectivity index (χ4n) is 2.50. The van der Waals surface area contributed by atoms with Crippen LogP contribution in [0.4, 0.5) is 0 Å². The van der Waals surface area contributed by atoms with E-state index in [0.29, 0.717) is 11.9 Å². The molecule has 0 aromatic heterocycles. The van der Waals surface area contributed by atoms with E-state index in [4.69, 9.17) is 16.0 Å². The second kappa shape index (κ2) is 7.70. The number of nitrogens with two attached hydrogens (primary N) is 1. The van der Waals surface area contributed by atoms with Crippen molar-refractivity contribution in [1.82, 2.24) is 4.90 Å². The Morgan fingerprint density at radius 1 is 1.32 bits per heavy atom. The highest BCUT2D eigenvalue weighted by Gasteiger charge is 2.25. The lowest BCUT2D eigenvalue weighted by Gasteiger charge is -2.37. The van der Waals surface area contributed by atoms with Gasteiger partial charge in [0.2, 0.25) is 0 Å². The number of aliphatic hydroxyl groups is 1. The largest absolute Gasteiger partial charge is 0.409 e. The van der Waals surface area contributed by atoms with E-state index >= 15 is 0 Å². The number of rotatable bonds is 9. The maximum atomic E-state index is 9.09. The minimum Gasteiger partial charge on any atom is -0.409 e. The molecule has 5 nitrogen and oxygen atoms in total. The van der Waals surface area contributed by atoms with Crippen LogP contribution in [0.1, 0.15) is 52.4 Å². The van der Waals surface area contributed by atoms with Crippen molar-refractivity contribution in [3.8, 4) is 0 Å². The molecule has 112 valence electrons. The van der Waals surface area contributed by atoms with Crippen LogP contribution in [0.2, 0.25) is 0 Å². The van der Waals surface area contributed by atoms with Crippen LogP contribution >= 0.6 is 0 Å². The summed E-state index contributed by atoms with van der Waals surface area (Å²) in [6, 6.07) is 0.684. The van der Waals surface area contributed by atoms with Crippen LogP contribution in [0.5, 0.6) is 0 Å². The summed E-state index contributed by atoms with van der Waals surface area (Å²) < 4.78 is 0. The highest BCUT2D eigenvalue weighted by Crippen LogP contribution is 2.26. The van der Waals surface area contributed by atoms with Crippen molar-refractivity contribution in [1.29, 1.82) is 0 Å². The van der Waals surface area contributed by atoms with E-state index in [9.17, 15) is 0 Å². The van der Waals surface area contributed by atoms with Gasteiger partial charge in [-0.1, -0.05) is 31.8 Å². The van der Waals surface area contributed by atoms with Crippen molar-refractivity contribution < 1.29 is 10.3 Å². The Bertz CT molecular complexity index is 288. The van der Waals surface area contributed by atoms with Gasteiger partial charge < -0.3 is 16.0 Å². The normalized spacial score (nSPS) is 17.8. The average molecular weight is 271 g/mol. The highest BCUT2D eigenvalue weighted by atomic mass is 16.4. The van der Waals surface area contributed by atoms with Gasteiger partial charge >= 0.3 is 0 Å². The first kappa shape index (κ1) is 16.2. The third-order valence-electron chi connectivity index (χ3n) is 4.28. The van der Waals surface area contributed by atoms with Crippen molar-refractivity contribution >= 4 is 5.84 Å². The maximum Gasteiger partial charge on any atom is 0.144 e. The van der Waals surface area contributed by atoms with E-state index in [1.807, 2.05) is 13.8 Å². The van der Waals surface area contributed by atoms with Gasteiger partial charge in [0.25, 0.3) is 0 Å². The molecule has 0 amide bonds. The van der Waals surface area contributed by atoms with Gasteiger partial charge in [0.1, 0.15) is 5.84 Å². The standard InChI is InChI=1S/C14H29N3O2/c1-14(2,13(15)16-19)8-3-4-9-17(10-11-18)12-6-5-7-12/h12,18-19H,3-11H2,1-2H3,(H2,15,16). The minimum absolute atomic E-state index is 0.242. The Hall–Kier alpha value is -0.810. The molecule has 0 heterocycles. The molecule has 0 aromatic carbocycles. The molecular weight excluding hydrogens is 242 g/mol. The van der Waals surface area contributed by atoms with Crippen molar-refractivity contribution in [3.63, 3.8) is 0 Å². The summed E-state index contributed by atoms with van der Waals surface area (Å²) in [5.74, 6) is 0.304. The molecule has 4 N–H and O–H groups in total. The highest BCUT2D eigenvalue weighted by molar-refractivity contribution is 5.85. The number of oxime groups is 1. The van der Waals surface area contributed by atoms with Crippen LogP contribution in [0, 0.1) is 5.41 Å². The Balaban J connectivity index is 2.24. The first-order chi connectivity index (χ1) is 9.01. The molecule has 0 aliphatic heterocycles. The Morgan fingerprint density at radius 3 is 2.47 bits per heavy atom. The number of hydrogen-bond donors (Lipinski definition) is 3. The molecular formula is C14H29N3O2. The summed E-state index contributed by atoms with van der Waals surface area (Å²) in [5.41, 5.74) is 5.43. The second-order valence-corrected chi connectivity index (χ2v) is 6.17. The summed E-state index contributed by atoms with van der Waals surface area (Å²) in [4.78, 5) is 2.40. The van der Waals surface area contributed by atoms with Crippen LogP contribution in [0.25, 0.3) is 0 Å². The third-order valence-corrected chi connectivity index (χ3v) is 4.28.